The first-order chi connectivity index (χ1) is 14.8. The Bertz CT molecular complexity index is 1310. The summed E-state index contributed by atoms with van der Waals surface area (Å²) in [5, 5.41) is 7.50. The number of aromatic amines is 2. The quantitative estimate of drug-likeness (QED) is 0.404. The van der Waals surface area contributed by atoms with E-state index >= 15 is 0 Å². The first-order valence-electron chi connectivity index (χ1n) is 10.5. The zero-order valence-corrected chi connectivity index (χ0v) is 20.3. The van der Waals surface area contributed by atoms with Crippen molar-refractivity contribution in [2.45, 2.75) is 43.9 Å². The summed E-state index contributed by atoms with van der Waals surface area (Å²) >= 11 is 2.06. The maximum Gasteiger partial charge on any atom is 0.264 e. The standard InChI is InChI=1S/C21H23IN6O2S/c1-20(2)12-5-3-4-11-10-21(15(13(11)12)27-31(20)30)6-8-28(9-7-21)19-23-17-14(18(29)24-19)16(22)25-26-17/h3-5,15,27H,6-10H2,1-2H3,(H2,23,24,25,26,29)/t15-,31?/m1/s1. The van der Waals surface area contributed by atoms with Crippen LogP contribution >= 0.6 is 22.6 Å². The summed E-state index contributed by atoms with van der Waals surface area (Å²) in [6, 6.07) is 6.59. The number of anilines is 1. The van der Waals surface area contributed by atoms with E-state index in [1.165, 1.54) is 16.7 Å². The van der Waals surface area contributed by atoms with Crippen LogP contribution in [0.3, 0.4) is 0 Å². The largest absolute Gasteiger partial charge is 0.342 e. The lowest BCUT2D eigenvalue weighted by molar-refractivity contribution is 0.174. The lowest BCUT2D eigenvalue weighted by Crippen LogP contribution is -2.50. The fraction of sp³-hybridized carbons (Fsp3) is 0.476. The first kappa shape index (κ1) is 19.9. The van der Waals surface area contributed by atoms with E-state index in [1.54, 1.807) is 0 Å². The third-order valence-electron chi connectivity index (χ3n) is 7.40. The van der Waals surface area contributed by atoms with Crippen molar-refractivity contribution < 1.29 is 4.21 Å². The van der Waals surface area contributed by atoms with Crippen LogP contribution < -0.4 is 15.2 Å². The highest BCUT2D eigenvalue weighted by molar-refractivity contribution is 14.1. The predicted octanol–water partition coefficient (Wildman–Crippen LogP) is 2.64. The Morgan fingerprint density at radius 2 is 2.03 bits per heavy atom. The molecule has 1 unspecified atom stereocenters. The van der Waals surface area contributed by atoms with E-state index in [1.807, 2.05) is 0 Å². The van der Waals surface area contributed by atoms with Crippen molar-refractivity contribution in [3.63, 3.8) is 0 Å². The van der Waals surface area contributed by atoms with Crippen molar-refractivity contribution in [3.05, 3.63) is 48.9 Å². The van der Waals surface area contributed by atoms with Gasteiger partial charge in [0.2, 0.25) is 5.95 Å². The van der Waals surface area contributed by atoms with Crippen LogP contribution in [0.25, 0.3) is 11.0 Å². The molecule has 0 radical (unpaired) electrons. The lowest BCUT2D eigenvalue weighted by atomic mass is 9.72. The number of piperidine rings is 1. The van der Waals surface area contributed by atoms with E-state index in [-0.39, 0.29) is 17.0 Å². The minimum absolute atomic E-state index is 0.0349. The van der Waals surface area contributed by atoms with Crippen LogP contribution in [-0.4, -0.2) is 37.5 Å². The van der Waals surface area contributed by atoms with Gasteiger partial charge in [-0.05, 0) is 77.8 Å². The van der Waals surface area contributed by atoms with Gasteiger partial charge >= 0.3 is 0 Å². The van der Waals surface area contributed by atoms with Crippen molar-refractivity contribution >= 4 is 50.6 Å². The van der Waals surface area contributed by atoms with Crippen LogP contribution in [-0.2, 0) is 22.2 Å². The maximum absolute atomic E-state index is 13.1. The summed E-state index contributed by atoms with van der Waals surface area (Å²) in [5.41, 5.74) is 4.28. The molecule has 1 spiro atoms. The highest BCUT2D eigenvalue weighted by Gasteiger charge is 2.53. The molecule has 6 rings (SSSR count). The Labute approximate surface area is 195 Å². The smallest absolute Gasteiger partial charge is 0.264 e. The molecule has 0 amide bonds. The molecule has 162 valence electrons. The zero-order valence-electron chi connectivity index (χ0n) is 17.3. The molecule has 10 heteroatoms. The van der Waals surface area contributed by atoms with Crippen LogP contribution in [0.4, 0.5) is 5.95 Å². The lowest BCUT2D eigenvalue weighted by Gasteiger charge is -2.46. The van der Waals surface area contributed by atoms with Crippen molar-refractivity contribution in [1.29, 1.82) is 0 Å². The van der Waals surface area contributed by atoms with E-state index in [4.69, 9.17) is 0 Å². The Morgan fingerprint density at radius 3 is 2.81 bits per heavy atom. The van der Waals surface area contributed by atoms with E-state index < -0.39 is 15.7 Å². The Morgan fingerprint density at radius 1 is 1.26 bits per heavy atom. The van der Waals surface area contributed by atoms with Gasteiger partial charge in [-0.1, -0.05) is 18.2 Å². The number of nitrogens with zero attached hydrogens (tertiary/aromatic N) is 3. The number of benzene rings is 1. The molecule has 1 aromatic carbocycles. The molecule has 0 saturated carbocycles. The molecule has 4 heterocycles. The van der Waals surface area contributed by atoms with Crippen LogP contribution in [0.5, 0.6) is 0 Å². The van der Waals surface area contributed by atoms with Crippen molar-refractivity contribution in [1.82, 2.24) is 24.9 Å². The van der Waals surface area contributed by atoms with E-state index in [2.05, 4.69) is 84.4 Å². The predicted molar refractivity (Wildman–Crippen MR) is 128 cm³/mol. The van der Waals surface area contributed by atoms with Gasteiger partial charge in [-0.15, -0.1) is 0 Å². The molecule has 2 aliphatic heterocycles. The molecule has 3 aromatic rings. The third kappa shape index (κ3) is 2.73. The second kappa shape index (κ2) is 6.61. The number of fused-ring (bicyclic) bond motifs is 2. The monoisotopic (exact) mass is 550 g/mol. The number of hydrogen-bond donors (Lipinski definition) is 3. The maximum atomic E-state index is 13.1. The van der Waals surface area contributed by atoms with Gasteiger partial charge in [-0.25, -0.2) is 8.93 Å². The molecule has 2 atom stereocenters. The molecule has 31 heavy (non-hydrogen) atoms. The Hall–Kier alpha value is -1.79. The van der Waals surface area contributed by atoms with Gasteiger partial charge in [0.05, 0.1) is 10.8 Å². The normalized spacial score (nSPS) is 25.8. The zero-order chi connectivity index (χ0) is 21.5. The number of aromatic nitrogens is 4. The average Bonchev–Trinajstić information content (AvgIpc) is 3.26. The number of hydrogen-bond acceptors (Lipinski definition) is 5. The van der Waals surface area contributed by atoms with Gasteiger partial charge in [-0.3, -0.25) is 14.9 Å². The molecule has 8 nitrogen and oxygen atoms in total. The van der Waals surface area contributed by atoms with Gasteiger partial charge in [0.15, 0.2) is 5.65 Å². The van der Waals surface area contributed by atoms with Crippen molar-refractivity contribution in [2.75, 3.05) is 18.0 Å². The summed E-state index contributed by atoms with van der Waals surface area (Å²) in [6.45, 7) is 5.69. The molecule has 1 aliphatic carbocycles. The molecular formula is C21H23IN6O2S. The third-order valence-corrected chi connectivity index (χ3v) is 9.78. The van der Waals surface area contributed by atoms with Crippen molar-refractivity contribution in [2.24, 2.45) is 5.41 Å². The molecule has 1 saturated heterocycles. The average molecular weight is 550 g/mol. The summed E-state index contributed by atoms with van der Waals surface area (Å²) in [6.07, 6.45) is 2.88. The molecule has 3 aliphatic rings. The summed E-state index contributed by atoms with van der Waals surface area (Å²) in [4.78, 5) is 22.2. The minimum Gasteiger partial charge on any atom is -0.342 e. The van der Waals surface area contributed by atoms with Crippen LogP contribution in [0, 0.1) is 9.12 Å². The van der Waals surface area contributed by atoms with Crippen molar-refractivity contribution in [3.8, 4) is 0 Å². The van der Waals surface area contributed by atoms with Gasteiger partial charge in [0.1, 0.15) is 20.1 Å². The van der Waals surface area contributed by atoms with E-state index in [0.717, 1.165) is 32.4 Å². The molecule has 0 bridgehead atoms. The second-order valence-electron chi connectivity index (χ2n) is 9.36. The Balaban J connectivity index is 1.32. The van der Waals surface area contributed by atoms with Crippen LogP contribution in [0.1, 0.15) is 49.4 Å². The topological polar surface area (TPSA) is 107 Å². The fourth-order valence-corrected chi connectivity index (χ4v) is 7.49. The fourth-order valence-electron chi connectivity index (χ4n) is 5.62. The number of H-pyrrole nitrogens is 2. The molecule has 1 fully saturated rings. The highest BCUT2D eigenvalue weighted by Crippen LogP contribution is 2.56. The summed E-state index contributed by atoms with van der Waals surface area (Å²) < 4.78 is 16.9. The van der Waals surface area contributed by atoms with Gasteiger partial charge in [0, 0.05) is 13.1 Å². The minimum atomic E-state index is -1.13. The van der Waals surface area contributed by atoms with E-state index in [9.17, 15) is 9.00 Å². The van der Waals surface area contributed by atoms with Gasteiger partial charge < -0.3 is 4.90 Å². The van der Waals surface area contributed by atoms with Crippen LogP contribution in [0.15, 0.2) is 23.0 Å². The summed E-state index contributed by atoms with van der Waals surface area (Å²) in [5.74, 6) is 0.577. The first-order valence-corrected chi connectivity index (χ1v) is 12.7. The SMILES string of the molecule is CC1(C)c2cccc3c2[C@@H](NS1=O)C1(CCN(c2nc4n[nH]c(I)c4c(=O)[nH]2)CC1)C3. The van der Waals surface area contributed by atoms with Gasteiger partial charge in [0.25, 0.3) is 5.56 Å². The number of halogens is 1. The summed E-state index contributed by atoms with van der Waals surface area (Å²) in [7, 11) is -1.13. The number of nitrogens with one attached hydrogen (secondary N) is 3. The Kier molecular flexibility index (Phi) is 4.24. The van der Waals surface area contributed by atoms with Crippen LogP contribution in [0.2, 0.25) is 0 Å². The molecule has 3 N–H and O–H groups in total. The van der Waals surface area contributed by atoms with E-state index in [0.29, 0.717) is 20.7 Å². The van der Waals surface area contributed by atoms with Gasteiger partial charge in [-0.2, -0.15) is 10.1 Å². The highest BCUT2D eigenvalue weighted by atomic mass is 127. The number of rotatable bonds is 1. The molecular weight excluding hydrogens is 527 g/mol. The molecule has 2 aromatic heterocycles. The second-order valence-corrected chi connectivity index (χ2v) is 12.2.